The molecule has 0 fully saturated rings. The van der Waals surface area contributed by atoms with Gasteiger partial charge in [-0.2, -0.15) is 5.10 Å². The predicted octanol–water partition coefficient (Wildman–Crippen LogP) is 3.57. The average Bonchev–Trinajstić information content (AvgIpc) is 3.16. The number of nitrogens with zero attached hydrogens (tertiary/aromatic N) is 2. The van der Waals surface area contributed by atoms with Gasteiger partial charge in [0.25, 0.3) is 0 Å². The van der Waals surface area contributed by atoms with Crippen LogP contribution in [0.15, 0.2) is 78.2 Å². The van der Waals surface area contributed by atoms with Crippen LogP contribution in [-0.4, -0.2) is 23.8 Å². The van der Waals surface area contributed by atoms with Gasteiger partial charge in [-0.25, -0.2) is 5.43 Å². The zero-order valence-corrected chi connectivity index (χ0v) is 14.6. The van der Waals surface area contributed by atoms with Crippen molar-refractivity contribution in [2.45, 2.75) is 12.8 Å². The molecule has 0 aliphatic heterocycles. The number of ether oxygens (including phenoxy) is 1. The minimum absolute atomic E-state index is 0.0975. The lowest BCUT2D eigenvalue weighted by atomic mass is 10.1. The van der Waals surface area contributed by atoms with Crippen molar-refractivity contribution >= 4 is 12.1 Å². The fraction of sp³-hybridized carbons (Fsp3) is 0.143. The molecule has 1 N–H and O–H groups in total. The third-order valence-corrected chi connectivity index (χ3v) is 3.97. The topological polar surface area (TPSA) is 55.6 Å². The molecule has 0 saturated carbocycles. The molecule has 0 aliphatic carbocycles. The fourth-order valence-electron chi connectivity index (χ4n) is 2.54. The van der Waals surface area contributed by atoms with Crippen molar-refractivity contribution in [1.82, 2.24) is 9.99 Å². The maximum Gasteiger partial charge on any atom is 0.240 e. The Morgan fingerprint density at radius 3 is 2.62 bits per heavy atom. The highest BCUT2D eigenvalue weighted by molar-refractivity contribution is 5.82. The lowest BCUT2D eigenvalue weighted by Crippen LogP contribution is -2.17. The molecule has 132 valence electrons. The van der Waals surface area contributed by atoms with Crippen LogP contribution in [0, 0.1) is 0 Å². The molecule has 0 spiro atoms. The standard InChI is InChI=1S/C21H21N3O2/c1-26-20-10-8-19(9-11-20)24-14-13-18(16-24)15-22-23-21(25)12-7-17-5-3-2-4-6-17/h2-6,8-11,13-16H,7,12H2,1H3,(H,23,25)/b22-15+. The summed E-state index contributed by atoms with van der Waals surface area (Å²) in [5, 5.41) is 4.03. The minimum atomic E-state index is -0.0975. The van der Waals surface area contributed by atoms with Crippen molar-refractivity contribution in [1.29, 1.82) is 0 Å². The lowest BCUT2D eigenvalue weighted by Gasteiger charge is -2.04. The molecule has 5 nitrogen and oxygen atoms in total. The molecule has 26 heavy (non-hydrogen) atoms. The smallest absolute Gasteiger partial charge is 0.240 e. The number of carbonyl (C=O) groups excluding carboxylic acids is 1. The van der Waals surface area contributed by atoms with E-state index in [1.165, 1.54) is 0 Å². The van der Waals surface area contributed by atoms with Crippen LogP contribution in [0.2, 0.25) is 0 Å². The second kappa shape index (κ2) is 8.67. The summed E-state index contributed by atoms with van der Waals surface area (Å²) in [6.07, 6.45) is 6.65. The Kier molecular flexibility index (Phi) is 5.83. The van der Waals surface area contributed by atoms with Crippen molar-refractivity contribution in [2.24, 2.45) is 5.10 Å². The quantitative estimate of drug-likeness (QED) is 0.525. The lowest BCUT2D eigenvalue weighted by molar-refractivity contribution is -0.121. The number of methoxy groups -OCH3 is 1. The Bertz CT molecular complexity index is 868. The molecule has 0 unspecified atom stereocenters. The summed E-state index contributed by atoms with van der Waals surface area (Å²) in [5.41, 5.74) is 5.64. The Morgan fingerprint density at radius 2 is 1.88 bits per heavy atom. The number of hydrazone groups is 1. The van der Waals surface area contributed by atoms with Gasteiger partial charge in [0, 0.05) is 30.1 Å². The van der Waals surface area contributed by atoms with Gasteiger partial charge in [0.2, 0.25) is 5.91 Å². The number of carbonyl (C=O) groups is 1. The zero-order valence-electron chi connectivity index (χ0n) is 14.6. The number of aryl methyl sites for hydroxylation is 1. The van der Waals surface area contributed by atoms with Gasteiger partial charge >= 0.3 is 0 Å². The highest BCUT2D eigenvalue weighted by Crippen LogP contribution is 2.15. The number of rotatable bonds is 7. The van der Waals surface area contributed by atoms with Crippen LogP contribution in [0.25, 0.3) is 5.69 Å². The molecular weight excluding hydrogens is 326 g/mol. The number of benzene rings is 2. The minimum Gasteiger partial charge on any atom is -0.497 e. The first-order chi connectivity index (χ1) is 12.7. The van der Waals surface area contributed by atoms with E-state index >= 15 is 0 Å². The Hall–Kier alpha value is -3.34. The van der Waals surface area contributed by atoms with Gasteiger partial charge in [-0.15, -0.1) is 0 Å². The van der Waals surface area contributed by atoms with Crippen LogP contribution in [0.4, 0.5) is 0 Å². The fourth-order valence-corrected chi connectivity index (χ4v) is 2.54. The van der Waals surface area contributed by atoms with E-state index in [0.29, 0.717) is 12.8 Å². The molecule has 2 aromatic carbocycles. The number of amides is 1. The summed E-state index contributed by atoms with van der Waals surface area (Å²) < 4.78 is 7.15. The zero-order chi connectivity index (χ0) is 18.2. The van der Waals surface area contributed by atoms with Gasteiger partial charge in [0.15, 0.2) is 0 Å². The highest BCUT2D eigenvalue weighted by Gasteiger charge is 2.01. The molecule has 1 aromatic heterocycles. The predicted molar refractivity (Wildman–Crippen MR) is 103 cm³/mol. The van der Waals surface area contributed by atoms with Gasteiger partial charge in [-0.05, 0) is 42.3 Å². The van der Waals surface area contributed by atoms with Crippen LogP contribution in [0.3, 0.4) is 0 Å². The average molecular weight is 347 g/mol. The first-order valence-corrected chi connectivity index (χ1v) is 8.43. The first kappa shape index (κ1) is 17.5. The molecule has 0 atom stereocenters. The van der Waals surface area contributed by atoms with E-state index in [4.69, 9.17) is 4.74 Å². The molecule has 3 aromatic rings. The number of nitrogens with one attached hydrogen (secondary N) is 1. The monoisotopic (exact) mass is 347 g/mol. The maximum absolute atomic E-state index is 11.9. The van der Waals surface area contributed by atoms with E-state index in [-0.39, 0.29) is 5.91 Å². The Labute approximate surface area is 152 Å². The molecule has 0 aliphatic rings. The van der Waals surface area contributed by atoms with Crippen LogP contribution < -0.4 is 10.2 Å². The van der Waals surface area contributed by atoms with Gasteiger partial charge < -0.3 is 9.30 Å². The van der Waals surface area contributed by atoms with Crippen molar-refractivity contribution in [3.8, 4) is 11.4 Å². The van der Waals surface area contributed by atoms with Gasteiger partial charge in [-0.1, -0.05) is 30.3 Å². The van der Waals surface area contributed by atoms with Crippen LogP contribution in [0.5, 0.6) is 5.75 Å². The normalized spacial score (nSPS) is 10.8. The van der Waals surface area contributed by atoms with E-state index in [1.807, 2.05) is 77.6 Å². The summed E-state index contributed by atoms with van der Waals surface area (Å²) in [5.74, 6) is 0.723. The SMILES string of the molecule is COc1ccc(-n2ccc(/C=N/NC(=O)CCc3ccccc3)c2)cc1. The van der Waals surface area contributed by atoms with Gasteiger partial charge in [0.05, 0.1) is 13.3 Å². The van der Waals surface area contributed by atoms with Crippen molar-refractivity contribution < 1.29 is 9.53 Å². The summed E-state index contributed by atoms with van der Waals surface area (Å²) in [6.45, 7) is 0. The van der Waals surface area contributed by atoms with E-state index < -0.39 is 0 Å². The highest BCUT2D eigenvalue weighted by atomic mass is 16.5. The molecule has 1 amide bonds. The Balaban J connectivity index is 1.51. The van der Waals surface area contributed by atoms with E-state index in [2.05, 4.69) is 10.5 Å². The third kappa shape index (κ3) is 4.83. The molecule has 1 heterocycles. The molecule has 0 saturated heterocycles. The van der Waals surface area contributed by atoms with Crippen LogP contribution in [0.1, 0.15) is 17.5 Å². The van der Waals surface area contributed by atoms with Crippen molar-refractivity contribution in [3.05, 3.63) is 84.2 Å². The van der Waals surface area contributed by atoms with Gasteiger partial charge in [-0.3, -0.25) is 4.79 Å². The van der Waals surface area contributed by atoms with Crippen molar-refractivity contribution in [2.75, 3.05) is 7.11 Å². The summed E-state index contributed by atoms with van der Waals surface area (Å²) in [6, 6.07) is 19.6. The van der Waals surface area contributed by atoms with Crippen molar-refractivity contribution in [3.63, 3.8) is 0 Å². The molecule has 0 bridgehead atoms. The maximum atomic E-state index is 11.9. The number of hydrogen-bond donors (Lipinski definition) is 1. The third-order valence-electron chi connectivity index (χ3n) is 3.97. The van der Waals surface area contributed by atoms with Crippen LogP contribution >= 0.6 is 0 Å². The van der Waals surface area contributed by atoms with Crippen LogP contribution in [-0.2, 0) is 11.2 Å². The first-order valence-electron chi connectivity index (χ1n) is 8.43. The van der Waals surface area contributed by atoms with Gasteiger partial charge in [0.1, 0.15) is 5.75 Å². The Morgan fingerprint density at radius 1 is 1.12 bits per heavy atom. The number of hydrogen-bond acceptors (Lipinski definition) is 3. The van der Waals surface area contributed by atoms with E-state index in [0.717, 1.165) is 22.6 Å². The largest absolute Gasteiger partial charge is 0.497 e. The summed E-state index contributed by atoms with van der Waals surface area (Å²) in [7, 11) is 1.65. The van der Waals surface area contributed by atoms with E-state index in [9.17, 15) is 4.79 Å². The molecule has 0 radical (unpaired) electrons. The summed E-state index contributed by atoms with van der Waals surface area (Å²) >= 11 is 0. The molecular formula is C21H21N3O2. The molecule has 3 rings (SSSR count). The molecule has 5 heteroatoms. The second-order valence-corrected chi connectivity index (χ2v) is 5.83. The second-order valence-electron chi connectivity index (χ2n) is 5.83. The van der Waals surface area contributed by atoms with E-state index in [1.54, 1.807) is 13.3 Å². The summed E-state index contributed by atoms with van der Waals surface area (Å²) in [4.78, 5) is 11.9. The number of aromatic nitrogens is 1.